The molecule has 28 heavy (non-hydrogen) atoms. The van der Waals surface area contributed by atoms with Crippen molar-refractivity contribution < 1.29 is 36.8 Å². The maximum atomic E-state index is 12.4. The zero-order valence-corrected chi connectivity index (χ0v) is 15.9. The van der Waals surface area contributed by atoms with Crippen LogP contribution in [0.25, 0.3) is 10.8 Å². The summed E-state index contributed by atoms with van der Waals surface area (Å²) >= 11 is 0. The number of benzene rings is 2. The maximum Gasteiger partial charge on any atom is 0.355 e. The number of methoxy groups -OCH3 is 2. The fourth-order valence-electron chi connectivity index (χ4n) is 3.05. The number of rotatable bonds is 4. The molecule has 1 aliphatic heterocycles. The van der Waals surface area contributed by atoms with Crippen molar-refractivity contribution >= 4 is 38.5 Å². The van der Waals surface area contributed by atoms with E-state index in [0.717, 1.165) is 19.1 Å². The first kappa shape index (κ1) is 19.8. The van der Waals surface area contributed by atoms with Crippen molar-refractivity contribution in [2.75, 3.05) is 32.5 Å². The van der Waals surface area contributed by atoms with Gasteiger partial charge in [-0.25, -0.2) is 9.59 Å². The molecular weight excluding hydrogens is 390 g/mol. The molecular formula is C18H17NO8S. The van der Waals surface area contributed by atoms with E-state index in [-0.39, 0.29) is 35.7 Å². The Balaban J connectivity index is 2.34. The smallest absolute Gasteiger partial charge is 0.355 e. The molecule has 0 spiro atoms. The van der Waals surface area contributed by atoms with Gasteiger partial charge < -0.3 is 19.1 Å². The number of carbonyl (C=O) groups is 2. The van der Waals surface area contributed by atoms with Gasteiger partial charge in [-0.2, -0.15) is 8.42 Å². The Bertz CT molecular complexity index is 1090. The van der Waals surface area contributed by atoms with Crippen molar-refractivity contribution in [1.29, 1.82) is 0 Å². The van der Waals surface area contributed by atoms with Gasteiger partial charge in [-0.3, -0.25) is 4.55 Å². The van der Waals surface area contributed by atoms with Gasteiger partial charge in [0.05, 0.1) is 32.1 Å². The zero-order chi connectivity index (χ0) is 20.5. The third-order valence-corrected chi connectivity index (χ3v) is 5.19. The van der Waals surface area contributed by atoms with Gasteiger partial charge in [0.25, 0.3) is 10.1 Å². The second kappa shape index (κ2) is 7.58. The molecule has 148 valence electrons. The van der Waals surface area contributed by atoms with E-state index < -0.39 is 27.0 Å². The molecule has 9 nitrogen and oxygen atoms in total. The van der Waals surface area contributed by atoms with Crippen LogP contribution in [0.3, 0.4) is 0 Å². The molecule has 1 N–H and O–H groups in total. The Morgan fingerprint density at radius 1 is 1.07 bits per heavy atom. The quantitative estimate of drug-likeness (QED) is 0.593. The number of fused-ring (bicyclic) bond motifs is 1. The predicted molar refractivity (Wildman–Crippen MR) is 98.1 cm³/mol. The summed E-state index contributed by atoms with van der Waals surface area (Å²) in [5.41, 5.74) is -0.390. The minimum Gasteiger partial charge on any atom is -0.466 e. The van der Waals surface area contributed by atoms with Crippen LogP contribution in [0.5, 0.6) is 0 Å². The molecule has 0 bridgehead atoms. The molecule has 2 aromatic rings. The number of anilines is 1. The van der Waals surface area contributed by atoms with Gasteiger partial charge in [-0.05, 0) is 11.5 Å². The lowest BCUT2D eigenvalue weighted by atomic mass is 10.1. The summed E-state index contributed by atoms with van der Waals surface area (Å²) in [7, 11) is -2.43. The Morgan fingerprint density at radius 2 is 1.75 bits per heavy atom. The van der Waals surface area contributed by atoms with Crippen molar-refractivity contribution in [2.45, 2.75) is 4.90 Å². The number of carbonyl (C=O) groups excluding carboxylic acids is 2. The standard InChI is InChI=1S/C18H17NO8S/c1-25-17(20)13-9-27-10-19(15(13)18(21)26-2)14-8-7-11-5-3-4-6-12(11)16(14)28(22,23)24/h3-8H,9-10H2,1-2H3,(H,22,23,24). The molecule has 0 aromatic heterocycles. The van der Waals surface area contributed by atoms with Gasteiger partial charge >= 0.3 is 11.9 Å². The van der Waals surface area contributed by atoms with Gasteiger partial charge in [0.2, 0.25) is 0 Å². The van der Waals surface area contributed by atoms with Crippen molar-refractivity contribution in [3.8, 4) is 0 Å². The number of esters is 2. The van der Waals surface area contributed by atoms with Gasteiger partial charge in [0, 0.05) is 5.39 Å². The lowest BCUT2D eigenvalue weighted by Gasteiger charge is -2.32. The third kappa shape index (κ3) is 3.44. The van der Waals surface area contributed by atoms with Gasteiger partial charge in [0.1, 0.15) is 17.3 Å². The molecule has 0 atom stereocenters. The van der Waals surface area contributed by atoms with E-state index in [1.807, 2.05) is 0 Å². The van der Waals surface area contributed by atoms with Crippen molar-refractivity contribution in [2.24, 2.45) is 0 Å². The minimum atomic E-state index is -4.70. The first-order valence-electron chi connectivity index (χ1n) is 8.04. The van der Waals surface area contributed by atoms with Crippen LogP contribution in [0.15, 0.2) is 52.6 Å². The summed E-state index contributed by atoms with van der Waals surface area (Å²) in [5, 5.41) is 0.811. The fourth-order valence-corrected chi connectivity index (χ4v) is 3.96. The van der Waals surface area contributed by atoms with Gasteiger partial charge in [-0.15, -0.1) is 0 Å². The first-order valence-corrected chi connectivity index (χ1v) is 9.48. The average Bonchev–Trinajstić information content (AvgIpc) is 2.70. The molecule has 3 rings (SSSR count). The summed E-state index contributed by atoms with van der Waals surface area (Å²) in [6, 6.07) is 9.57. The molecule has 0 aliphatic carbocycles. The summed E-state index contributed by atoms with van der Waals surface area (Å²) in [4.78, 5) is 25.3. The van der Waals surface area contributed by atoms with E-state index in [9.17, 15) is 22.6 Å². The summed E-state index contributed by atoms with van der Waals surface area (Å²) < 4.78 is 49.1. The predicted octanol–water partition coefficient (Wildman–Crippen LogP) is 1.48. The van der Waals surface area contributed by atoms with Crippen LogP contribution in [0.2, 0.25) is 0 Å². The average molecular weight is 407 g/mol. The lowest BCUT2D eigenvalue weighted by Crippen LogP contribution is -2.39. The fraction of sp³-hybridized carbons (Fsp3) is 0.222. The first-order chi connectivity index (χ1) is 13.3. The van der Waals surface area contributed by atoms with E-state index in [4.69, 9.17) is 9.47 Å². The highest BCUT2D eigenvalue weighted by atomic mass is 32.2. The van der Waals surface area contributed by atoms with Crippen molar-refractivity contribution in [1.82, 2.24) is 0 Å². The van der Waals surface area contributed by atoms with Crippen molar-refractivity contribution in [3.63, 3.8) is 0 Å². The molecule has 0 saturated heterocycles. The van der Waals surface area contributed by atoms with Crippen LogP contribution in [0.4, 0.5) is 5.69 Å². The molecule has 2 aromatic carbocycles. The molecule has 10 heteroatoms. The van der Waals surface area contributed by atoms with E-state index in [2.05, 4.69) is 4.74 Å². The van der Waals surface area contributed by atoms with Crippen LogP contribution < -0.4 is 4.90 Å². The van der Waals surface area contributed by atoms with Crippen LogP contribution in [0.1, 0.15) is 0 Å². The maximum absolute atomic E-state index is 12.4. The van der Waals surface area contributed by atoms with Crippen LogP contribution in [-0.4, -0.2) is 52.5 Å². The number of hydrogen-bond acceptors (Lipinski definition) is 8. The highest BCUT2D eigenvalue weighted by molar-refractivity contribution is 7.86. The number of nitrogens with zero attached hydrogens (tertiary/aromatic N) is 1. The zero-order valence-electron chi connectivity index (χ0n) is 15.0. The Morgan fingerprint density at radius 3 is 2.39 bits per heavy atom. The van der Waals surface area contributed by atoms with E-state index in [1.165, 1.54) is 12.1 Å². The van der Waals surface area contributed by atoms with Crippen molar-refractivity contribution in [3.05, 3.63) is 47.7 Å². The topological polar surface area (TPSA) is 119 Å². The minimum absolute atomic E-state index is 0.0392. The third-order valence-electron chi connectivity index (χ3n) is 4.24. The molecule has 0 fully saturated rings. The Kier molecular flexibility index (Phi) is 5.36. The Hall–Kier alpha value is -2.95. The summed E-state index contributed by atoms with van der Waals surface area (Å²) in [6.45, 7) is -0.464. The molecule has 0 saturated carbocycles. The molecule has 1 aliphatic rings. The van der Waals surface area contributed by atoms with E-state index >= 15 is 0 Å². The van der Waals surface area contributed by atoms with E-state index in [0.29, 0.717) is 5.39 Å². The highest BCUT2D eigenvalue weighted by Gasteiger charge is 2.35. The molecule has 1 heterocycles. The molecule has 0 amide bonds. The van der Waals surface area contributed by atoms with Crippen LogP contribution in [-0.2, 0) is 33.9 Å². The number of ether oxygens (including phenoxy) is 3. The van der Waals surface area contributed by atoms with Gasteiger partial charge in [-0.1, -0.05) is 30.3 Å². The summed E-state index contributed by atoms with van der Waals surface area (Å²) in [6.07, 6.45) is 0. The van der Waals surface area contributed by atoms with Crippen LogP contribution >= 0.6 is 0 Å². The highest BCUT2D eigenvalue weighted by Crippen LogP contribution is 2.36. The molecule has 0 radical (unpaired) electrons. The lowest BCUT2D eigenvalue weighted by molar-refractivity contribution is -0.140. The van der Waals surface area contributed by atoms with Gasteiger partial charge in [0.15, 0.2) is 0 Å². The Labute approximate surface area is 160 Å². The summed E-state index contributed by atoms with van der Waals surface area (Å²) in [5.74, 6) is -1.70. The number of hydrogen-bond donors (Lipinski definition) is 1. The largest absolute Gasteiger partial charge is 0.466 e. The molecule has 0 unspecified atom stereocenters. The second-order valence-electron chi connectivity index (χ2n) is 5.83. The van der Waals surface area contributed by atoms with Crippen LogP contribution in [0, 0.1) is 0 Å². The SMILES string of the molecule is COC(=O)C1=C(C(=O)OC)N(c2ccc3ccccc3c2S(=O)(=O)O)COC1. The normalized spacial score (nSPS) is 14.9. The second-order valence-corrected chi connectivity index (χ2v) is 7.18. The van der Waals surface area contributed by atoms with E-state index in [1.54, 1.807) is 24.3 Å². The monoisotopic (exact) mass is 407 g/mol.